The molecule has 2 nitrogen and oxygen atoms in total. The molecule has 0 fully saturated rings. The molecular weight excluding hydrogens is 222 g/mol. The van der Waals surface area contributed by atoms with Gasteiger partial charge in [-0.15, -0.1) is 0 Å². The quantitative estimate of drug-likeness (QED) is 0.688. The molecule has 0 aromatic carbocycles. The maximum atomic E-state index is 5.89. The highest BCUT2D eigenvalue weighted by Crippen LogP contribution is 2.38. The van der Waals surface area contributed by atoms with Crippen LogP contribution in [0.4, 0.5) is 0 Å². The third-order valence-electron chi connectivity index (χ3n) is 3.62. The van der Waals surface area contributed by atoms with Crippen LogP contribution in [0, 0.1) is 10.8 Å². The molecule has 0 aromatic rings. The fourth-order valence-electron chi connectivity index (χ4n) is 2.55. The first kappa shape index (κ1) is 15.7. The minimum atomic E-state index is 0.199. The van der Waals surface area contributed by atoms with Gasteiger partial charge in [-0.25, -0.2) is 0 Å². The predicted molar refractivity (Wildman–Crippen MR) is 78.6 cm³/mol. The maximum Gasteiger partial charge on any atom is 0.0997 e. The van der Waals surface area contributed by atoms with Crippen molar-refractivity contribution in [2.45, 2.75) is 54.9 Å². The van der Waals surface area contributed by atoms with E-state index in [9.17, 15) is 0 Å². The zero-order valence-electron chi connectivity index (χ0n) is 13.4. The molecule has 1 rings (SSSR count). The van der Waals surface area contributed by atoms with Crippen molar-refractivity contribution in [1.82, 2.24) is 4.90 Å². The Morgan fingerprint density at radius 1 is 1.00 bits per heavy atom. The molecule has 106 valence electrons. The van der Waals surface area contributed by atoms with E-state index < -0.39 is 0 Å². The van der Waals surface area contributed by atoms with Crippen molar-refractivity contribution in [3.8, 4) is 0 Å². The average molecular weight is 253 g/mol. The zero-order valence-corrected chi connectivity index (χ0v) is 13.4. The monoisotopic (exact) mass is 253 g/mol. The van der Waals surface area contributed by atoms with Gasteiger partial charge in [0, 0.05) is 13.1 Å². The topological polar surface area (TPSA) is 12.5 Å². The first-order valence-electron chi connectivity index (χ1n) is 7.19. The molecule has 0 aliphatic carbocycles. The van der Waals surface area contributed by atoms with E-state index in [0.29, 0.717) is 0 Å². The van der Waals surface area contributed by atoms with Crippen LogP contribution in [0.1, 0.15) is 54.9 Å². The minimum Gasteiger partial charge on any atom is -0.362 e. The molecule has 1 aliphatic heterocycles. The Hall–Kier alpha value is -0.340. The first-order valence-corrected chi connectivity index (χ1v) is 7.19. The van der Waals surface area contributed by atoms with Gasteiger partial charge in [0.25, 0.3) is 0 Å². The Bertz CT molecular complexity index is 304. The summed E-state index contributed by atoms with van der Waals surface area (Å²) in [6.07, 6.45) is 1.19. The van der Waals surface area contributed by atoms with Crippen LogP contribution in [-0.4, -0.2) is 31.3 Å². The molecule has 1 aliphatic rings. The molecule has 0 saturated carbocycles. The van der Waals surface area contributed by atoms with Crippen LogP contribution >= 0.6 is 0 Å². The Balaban J connectivity index is 3.10. The van der Waals surface area contributed by atoms with Gasteiger partial charge in [0.1, 0.15) is 0 Å². The largest absolute Gasteiger partial charge is 0.362 e. The summed E-state index contributed by atoms with van der Waals surface area (Å²) in [5.74, 6) is 0. The molecule has 1 heterocycles. The van der Waals surface area contributed by atoms with Gasteiger partial charge in [-0.2, -0.15) is 0 Å². The maximum absolute atomic E-state index is 5.89. The van der Waals surface area contributed by atoms with E-state index in [2.05, 4.69) is 53.4 Å². The summed E-state index contributed by atoms with van der Waals surface area (Å²) in [6, 6.07) is 0. The summed E-state index contributed by atoms with van der Waals surface area (Å²) in [5, 5.41) is 0. The molecule has 0 spiro atoms. The van der Waals surface area contributed by atoms with Gasteiger partial charge in [-0.3, -0.25) is 4.90 Å². The van der Waals surface area contributed by atoms with E-state index in [1.807, 2.05) is 0 Å². The Kier molecular flexibility index (Phi) is 5.02. The highest BCUT2D eigenvalue weighted by atomic mass is 16.5. The molecule has 0 unspecified atom stereocenters. The van der Waals surface area contributed by atoms with Crippen LogP contribution in [0.2, 0.25) is 0 Å². The van der Waals surface area contributed by atoms with Crippen molar-refractivity contribution < 1.29 is 4.74 Å². The lowest BCUT2D eigenvalue weighted by Gasteiger charge is -2.33. The lowest BCUT2D eigenvalue weighted by Crippen LogP contribution is -2.31. The van der Waals surface area contributed by atoms with Gasteiger partial charge in [0.2, 0.25) is 0 Å². The summed E-state index contributed by atoms with van der Waals surface area (Å²) >= 11 is 0. The highest BCUT2D eigenvalue weighted by molar-refractivity contribution is 5.27. The van der Waals surface area contributed by atoms with Crippen LogP contribution in [0.25, 0.3) is 0 Å². The standard InChI is InChI=1S/C16H31NO/c1-8-9-17-10-13(15(2,3)4)14(11-18-12-17)16(5,6)7/h8-12H2,1-7H3. The lowest BCUT2D eigenvalue weighted by molar-refractivity contribution is 0.0498. The van der Waals surface area contributed by atoms with Gasteiger partial charge in [0.15, 0.2) is 0 Å². The fraction of sp³-hybridized carbons (Fsp3) is 0.875. The molecule has 0 amide bonds. The molecule has 0 bridgehead atoms. The molecule has 18 heavy (non-hydrogen) atoms. The van der Waals surface area contributed by atoms with E-state index >= 15 is 0 Å². The summed E-state index contributed by atoms with van der Waals surface area (Å²) in [5.41, 5.74) is 3.49. The smallest absolute Gasteiger partial charge is 0.0997 e. The van der Waals surface area contributed by atoms with E-state index in [1.54, 1.807) is 5.57 Å². The molecule has 2 heteroatoms. The predicted octanol–water partition coefficient (Wildman–Crippen LogP) is 4.07. The molecule has 0 N–H and O–H groups in total. The number of ether oxygens (including phenoxy) is 1. The van der Waals surface area contributed by atoms with Crippen LogP contribution in [0.5, 0.6) is 0 Å². The van der Waals surface area contributed by atoms with Crippen LogP contribution in [0.3, 0.4) is 0 Å². The number of nitrogens with zero attached hydrogens (tertiary/aromatic N) is 1. The van der Waals surface area contributed by atoms with Crippen LogP contribution < -0.4 is 0 Å². The van der Waals surface area contributed by atoms with Gasteiger partial charge < -0.3 is 4.74 Å². The highest BCUT2D eigenvalue weighted by Gasteiger charge is 2.30. The normalized spacial score (nSPS) is 20.2. The zero-order chi connectivity index (χ0) is 14.0. The Labute approximate surface area is 113 Å². The molecule has 0 radical (unpaired) electrons. The second-order valence-corrected chi connectivity index (χ2v) is 7.49. The summed E-state index contributed by atoms with van der Waals surface area (Å²) in [7, 11) is 0. The summed E-state index contributed by atoms with van der Waals surface area (Å²) < 4.78 is 5.89. The summed E-state index contributed by atoms with van der Waals surface area (Å²) in [4.78, 5) is 2.43. The van der Waals surface area contributed by atoms with E-state index in [4.69, 9.17) is 4.74 Å². The van der Waals surface area contributed by atoms with E-state index in [-0.39, 0.29) is 10.8 Å². The third-order valence-corrected chi connectivity index (χ3v) is 3.62. The van der Waals surface area contributed by atoms with Crippen molar-refractivity contribution in [1.29, 1.82) is 0 Å². The number of hydrogen-bond acceptors (Lipinski definition) is 2. The second-order valence-electron chi connectivity index (χ2n) is 7.49. The lowest BCUT2D eigenvalue weighted by atomic mass is 9.75. The second kappa shape index (κ2) is 5.75. The average Bonchev–Trinajstić information content (AvgIpc) is 2.39. The Morgan fingerprint density at radius 3 is 2.00 bits per heavy atom. The molecule has 0 atom stereocenters. The van der Waals surface area contributed by atoms with Gasteiger partial charge in [0.05, 0.1) is 13.3 Å². The first-order chi connectivity index (χ1) is 8.16. The van der Waals surface area contributed by atoms with Crippen molar-refractivity contribution in [2.75, 3.05) is 26.4 Å². The molecule has 0 aromatic heterocycles. The molecule has 0 saturated heterocycles. The van der Waals surface area contributed by atoms with Gasteiger partial charge in [-0.1, -0.05) is 48.5 Å². The minimum absolute atomic E-state index is 0.199. The molecular formula is C16H31NO. The van der Waals surface area contributed by atoms with E-state index in [1.165, 1.54) is 12.0 Å². The Morgan fingerprint density at radius 2 is 1.56 bits per heavy atom. The van der Waals surface area contributed by atoms with Gasteiger partial charge in [-0.05, 0) is 28.4 Å². The van der Waals surface area contributed by atoms with Crippen molar-refractivity contribution >= 4 is 0 Å². The van der Waals surface area contributed by atoms with Crippen LogP contribution in [0.15, 0.2) is 11.1 Å². The third kappa shape index (κ3) is 4.10. The van der Waals surface area contributed by atoms with Crippen LogP contribution in [-0.2, 0) is 4.74 Å². The van der Waals surface area contributed by atoms with Crippen molar-refractivity contribution in [3.05, 3.63) is 11.1 Å². The SMILES string of the molecule is CCCN1COCC(C(C)(C)C)=C(C(C)(C)C)C1. The number of hydrogen-bond donors (Lipinski definition) is 0. The van der Waals surface area contributed by atoms with Crippen molar-refractivity contribution in [3.63, 3.8) is 0 Å². The van der Waals surface area contributed by atoms with Crippen molar-refractivity contribution in [2.24, 2.45) is 10.8 Å². The van der Waals surface area contributed by atoms with E-state index in [0.717, 1.165) is 26.4 Å². The number of rotatable bonds is 2. The van der Waals surface area contributed by atoms with Gasteiger partial charge >= 0.3 is 0 Å². The fourth-order valence-corrected chi connectivity index (χ4v) is 2.55. The summed E-state index contributed by atoms with van der Waals surface area (Å²) in [6.45, 7) is 19.8.